The van der Waals surface area contributed by atoms with E-state index in [-0.39, 0.29) is 0 Å². The Labute approximate surface area is 90.1 Å². The quantitative estimate of drug-likeness (QED) is 0.647. The first-order valence-corrected chi connectivity index (χ1v) is 6.06. The number of nitrogens with zero attached hydrogens (tertiary/aromatic N) is 1. The molecule has 2 nitrogen and oxygen atoms in total. The predicted octanol–water partition coefficient (Wildman–Crippen LogP) is 2.35. The Morgan fingerprint density at radius 2 is 1.71 bits per heavy atom. The Bertz CT molecular complexity index is 121. The number of rotatable bonds is 8. The second-order valence-corrected chi connectivity index (χ2v) is 4.32. The van der Waals surface area contributed by atoms with Gasteiger partial charge in [-0.15, -0.1) is 0 Å². The molecule has 0 fully saturated rings. The molecule has 86 valence electrons. The van der Waals surface area contributed by atoms with Crippen LogP contribution >= 0.6 is 0 Å². The van der Waals surface area contributed by atoms with Crippen molar-refractivity contribution in [3.05, 3.63) is 0 Å². The van der Waals surface area contributed by atoms with Gasteiger partial charge in [0.2, 0.25) is 0 Å². The highest BCUT2D eigenvalue weighted by Crippen LogP contribution is 2.08. The first-order chi connectivity index (χ1) is 6.65. The van der Waals surface area contributed by atoms with Crippen LogP contribution in [0.2, 0.25) is 0 Å². The van der Waals surface area contributed by atoms with Crippen LogP contribution in [0.1, 0.15) is 40.5 Å². The van der Waals surface area contributed by atoms with Gasteiger partial charge >= 0.3 is 0 Å². The molecule has 0 amide bonds. The van der Waals surface area contributed by atoms with Crippen molar-refractivity contribution >= 4 is 0 Å². The van der Waals surface area contributed by atoms with E-state index in [9.17, 15) is 0 Å². The molecule has 0 bridgehead atoms. The monoisotopic (exact) mass is 200 g/mol. The molecule has 2 heteroatoms. The third-order valence-electron chi connectivity index (χ3n) is 2.91. The smallest absolute Gasteiger partial charge is 0.00870 e. The molecule has 14 heavy (non-hydrogen) atoms. The van der Waals surface area contributed by atoms with Crippen LogP contribution in [0.15, 0.2) is 0 Å². The topological polar surface area (TPSA) is 15.3 Å². The number of hydrogen-bond donors (Lipinski definition) is 1. The lowest BCUT2D eigenvalue weighted by Crippen LogP contribution is -2.37. The third kappa shape index (κ3) is 5.61. The van der Waals surface area contributed by atoms with Crippen LogP contribution in [0.5, 0.6) is 0 Å². The number of hydrogen-bond acceptors (Lipinski definition) is 2. The lowest BCUT2D eigenvalue weighted by molar-refractivity contribution is 0.200. The summed E-state index contributed by atoms with van der Waals surface area (Å²) in [6.45, 7) is 12.5. The van der Waals surface area contributed by atoms with Gasteiger partial charge in [-0.25, -0.2) is 0 Å². The van der Waals surface area contributed by atoms with Crippen LogP contribution in [0.3, 0.4) is 0 Å². The molecule has 1 N–H and O–H groups in total. The molecule has 0 aliphatic heterocycles. The first kappa shape index (κ1) is 13.9. The van der Waals surface area contributed by atoms with Crippen LogP contribution in [-0.2, 0) is 0 Å². The Morgan fingerprint density at radius 1 is 1.14 bits per heavy atom. The lowest BCUT2D eigenvalue weighted by atomic mass is 10.1. The maximum absolute atomic E-state index is 3.40. The normalized spacial score (nSPS) is 13.9. The minimum Gasteiger partial charge on any atom is -0.317 e. The van der Waals surface area contributed by atoms with E-state index in [1.165, 1.54) is 19.4 Å². The molecular formula is C12H28N2. The van der Waals surface area contributed by atoms with Crippen molar-refractivity contribution in [3.8, 4) is 0 Å². The third-order valence-corrected chi connectivity index (χ3v) is 2.91. The van der Waals surface area contributed by atoms with Gasteiger partial charge in [0.15, 0.2) is 0 Å². The first-order valence-electron chi connectivity index (χ1n) is 6.06. The maximum Gasteiger partial charge on any atom is 0.00870 e. The van der Waals surface area contributed by atoms with Gasteiger partial charge in [-0.2, -0.15) is 0 Å². The summed E-state index contributed by atoms with van der Waals surface area (Å²) in [5.41, 5.74) is 0. The van der Waals surface area contributed by atoms with Gasteiger partial charge in [-0.3, -0.25) is 0 Å². The van der Waals surface area contributed by atoms with Gasteiger partial charge in [0.05, 0.1) is 0 Å². The van der Waals surface area contributed by atoms with Crippen molar-refractivity contribution in [1.29, 1.82) is 0 Å². The highest BCUT2D eigenvalue weighted by Gasteiger charge is 2.12. The van der Waals surface area contributed by atoms with Crippen LogP contribution in [-0.4, -0.2) is 37.6 Å². The van der Waals surface area contributed by atoms with Gasteiger partial charge in [-0.05, 0) is 38.9 Å². The molecule has 0 saturated heterocycles. The van der Waals surface area contributed by atoms with E-state index < -0.39 is 0 Å². The Hall–Kier alpha value is -0.0800. The largest absolute Gasteiger partial charge is 0.317 e. The summed E-state index contributed by atoms with van der Waals surface area (Å²) in [6.07, 6.45) is 2.53. The SMILES string of the molecule is CCNCC(C)CN(C)C(CC)CC. The van der Waals surface area contributed by atoms with Gasteiger partial charge in [0.1, 0.15) is 0 Å². The van der Waals surface area contributed by atoms with Gasteiger partial charge in [0.25, 0.3) is 0 Å². The summed E-state index contributed by atoms with van der Waals surface area (Å²) >= 11 is 0. The molecule has 0 rings (SSSR count). The number of nitrogens with one attached hydrogen (secondary N) is 1. The zero-order valence-corrected chi connectivity index (χ0v) is 10.6. The molecular weight excluding hydrogens is 172 g/mol. The van der Waals surface area contributed by atoms with Gasteiger partial charge < -0.3 is 10.2 Å². The van der Waals surface area contributed by atoms with Crippen LogP contribution in [0, 0.1) is 5.92 Å². The molecule has 0 radical (unpaired) electrons. The van der Waals surface area contributed by atoms with E-state index in [2.05, 4.69) is 45.0 Å². The highest BCUT2D eigenvalue weighted by atomic mass is 15.1. The fourth-order valence-electron chi connectivity index (χ4n) is 2.01. The van der Waals surface area contributed by atoms with Crippen molar-refractivity contribution in [2.24, 2.45) is 5.92 Å². The van der Waals surface area contributed by atoms with Crippen molar-refractivity contribution in [3.63, 3.8) is 0 Å². The minimum atomic E-state index is 0.751. The summed E-state index contributed by atoms with van der Waals surface area (Å²) in [6, 6.07) is 0.763. The predicted molar refractivity (Wildman–Crippen MR) is 64.7 cm³/mol. The van der Waals surface area contributed by atoms with Crippen molar-refractivity contribution in [2.75, 3.05) is 26.7 Å². The van der Waals surface area contributed by atoms with Crippen molar-refractivity contribution < 1.29 is 0 Å². The van der Waals surface area contributed by atoms with Gasteiger partial charge in [-0.1, -0.05) is 27.7 Å². The Balaban J connectivity index is 3.73. The van der Waals surface area contributed by atoms with E-state index >= 15 is 0 Å². The standard InChI is InChI=1S/C12H28N2/c1-6-12(7-2)14(5)10-11(4)9-13-8-3/h11-13H,6-10H2,1-5H3. The molecule has 0 aromatic rings. The van der Waals surface area contributed by atoms with E-state index in [0.29, 0.717) is 0 Å². The maximum atomic E-state index is 3.40. The summed E-state index contributed by atoms with van der Waals surface area (Å²) < 4.78 is 0. The lowest BCUT2D eigenvalue weighted by Gasteiger charge is -2.28. The van der Waals surface area contributed by atoms with Crippen molar-refractivity contribution in [2.45, 2.75) is 46.6 Å². The van der Waals surface area contributed by atoms with E-state index in [1.807, 2.05) is 0 Å². The van der Waals surface area contributed by atoms with Gasteiger partial charge in [0, 0.05) is 12.6 Å². The fourth-order valence-corrected chi connectivity index (χ4v) is 2.01. The second kappa shape index (κ2) is 8.25. The van der Waals surface area contributed by atoms with E-state index in [0.717, 1.165) is 25.0 Å². The molecule has 1 unspecified atom stereocenters. The van der Waals surface area contributed by atoms with E-state index in [1.54, 1.807) is 0 Å². The average molecular weight is 200 g/mol. The zero-order valence-electron chi connectivity index (χ0n) is 10.6. The summed E-state index contributed by atoms with van der Waals surface area (Å²) in [5.74, 6) is 0.751. The molecule has 1 atom stereocenters. The Kier molecular flexibility index (Phi) is 8.20. The Morgan fingerprint density at radius 3 is 2.14 bits per heavy atom. The fraction of sp³-hybridized carbons (Fsp3) is 1.00. The molecule has 0 saturated carbocycles. The second-order valence-electron chi connectivity index (χ2n) is 4.32. The summed E-state index contributed by atoms with van der Waals surface area (Å²) in [4.78, 5) is 2.50. The molecule has 0 heterocycles. The van der Waals surface area contributed by atoms with Crippen LogP contribution in [0.4, 0.5) is 0 Å². The van der Waals surface area contributed by atoms with Crippen LogP contribution in [0.25, 0.3) is 0 Å². The molecule has 0 aliphatic carbocycles. The minimum absolute atomic E-state index is 0.751. The molecule has 0 aromatic carbocycles. The summed E-state index contributed by atoms with van der Waals surface area (Å²) in [5, 5.41) is 3.40. The molecule has 0 aromatic heterocycles. The average Bonchev–Trinajstić information content (AvgIpc) is 2.16. The zero-order chi connectivity index (χ0) is 11.0. The molecule has 0 spiro atoms. The summed E-state index contributed by atoms with van der Waals surface area (Å²) in [7, 11) is 2.25. The van der Waals surface area contributed by atoms with E-state index in [4.69, 9.17) is 0 Å². The highest BCUT2D eigenvalue weighted by molar-refractivity contribution is 4.68. The van der Waals surface area contributed by atoms with Crippen LogP contribution < -0.4 is 5.32 Å². The molecule has 0 aliphatic rings. The van der Waals surface area contributed by atoms with Crippen molar-refractivity contribution in [1.82, 2.24) is 10.2 Å².